The molecular weight excluding hydrogens is 318 g/mol. The lowest BCUT2D eigenvalue weighted by molar-refractivity contribution is 0.263. The highest BCUT2D eigenvalue weighted by Gasteiger charge is 2.17. The summed E-state index contributed by atoms with van der Waals surface area (Å²) in [5, 5.41) is 8.78. The molecule has 6 heteroatoms. The molecule has 0 aromatic heterocycles. The van der Waals surface area contributed by atoms with Crippen LogP contribution in [0.2, 0.25) is 0 Å². The molecule has 0 saturated heterocycles. The molecule has 102 valence electrons. The molecule has 0 fully saturated rings. The number of rotatable bonds is 6. The average Bonchev–Trinajstić information content (AvgIpc) is 2.26. The van der Waals surface area contributed by atoms with Crippen LogP contribution in [0.15, 0.2) is 27.6 Å². The van der Waals surface area contributed by atoms with E-state index in [9.17, 15) is 8.42 Å². The van der Waals surface area contributed by atoms with Crippen molar-refractivity contribution in [1.82, 2.24) is 4.72 Å². The Bertz CT molecular complexity index is 502. The fraction of sp³-hybridized carbons (Fsp3) is 0.500. The summed E-state index contributed by atoms with van der Waals surface area (Å²) in [5.41, 5.74) is 0.701. The first-order chi connectivity index (χ1) is 8.36. The van der Waals surface area contributed by atoms with Gasteiger partial charge in [0, 0.05) is 17.6 Å². The Morgan fingerprint density at radius 3 is 2.67 bits per heavy atom. The second-order valence-corrected chi connectivity index (χ2v) is 7.03. The maximum absolute atomic E-state index is 12.1. The summed E-state index contributed by atoms with van der Waals surface area (Å²) < 4.78 is 27.6. The molecule has 0 amide bonds. The van der Waals surface area contributed by atoms with Crippen molar-refractivity contribution >= 4 is 26.0 Å². The molecule has 0 aliphatic heterocycles. The molecule has 1 aromatic rings. The fourth-order valence-electron chi connectivity index (χ4n) is 1.57. The lowest BCUT2D eigenvalue weighted by Gasteiger charge is -2.13. The standard InChI is InChI=1S/C12H18BrNO3S/c1-9(5-6-15)8-14-18(16,17)12-4-3-11(13)7-10(12)2/h3-4,7,9,14-15H,5-6,8H2,1-2H3/t9-/m0/s1. The zero-order valence-electron chi connectivity index (χ0n) is 10.5. The molecular formula is C12H18BrNO3S. The van der Waals surface area contributed by atoms with Crippen molar-refractivity contribution in [1.29, 1.82) is 0 Å². The van der Waals surface area contributed by atoms with Gasteiger partial charge in [-0.15, -0.1) is 0 Å². The first-order valence-electron chi connectivity index (χ1n) is 5.73. The second-order valence-electron chi connectivity index (χ2n) is 4.38. The van der Waals surface area contributed by atoms with Crippen LogP contribution in [0.3, 0.4) is 0 Å². The summed E-state index contributed by atoms with van der Waals surface area (Å²) in [6, 6.07) is 5.06. The second kappa shape index (κ2) is 6.65. The van der Waals surface area contributed by atoms with Crippen molar-refractivity contribution in [3.8, 4) is 0 Å². The minimum atomic E-state index is -3.47. The SMILES string of the molecule is Cc1cc(Br)ccc1S(=O)(=O)NC[C@@H](C)CCO. The van der Waals surface area contributed by atoms with Gasteiger partial charge in [-0.3, -0.25) is 0 Å². The van der Waals surface area contributed by atoms with E-state index in [1.807, 2.05) is 6.92 Å². The summed E-state index contributed by atoms with van der Waals surface area (Å²) >= 11 is 3.30. The third kappa shape index (κ3) is 4.35. The van der Waals surface area contributed by atoms with Crippen molar-refractivity contribution < 1.29 is 13.5 Å². The topological polar surface area (TPSA) is 66.4 Å². The van der Waals surface area contributed by atoms with Gasteiger partial charge in [0.1, 0.15) is 0 Å². The minimum absolute atomic E-state index is 0.0696. The highest BCUT2D eigenvalue weighted by atomic mass is 79.9. The first-order valence-corrected chi connectivity index (χ1v) is 8.01. The fourth-order valence-corrected chi connectivity index (χ4v) is 3.43. The van der Waals surface area contributed by atoms with E-state index in [0.29, 0.717) is 23.4 Å². The molecule has 18 heavy (non-hydrogen) atoms. The van der Waals surface area contributed by atoms with Crippen LogP contribution in [0.1, 0.15) is 18.9 Å². The molecule has 1 rings (SSSR count). The average molecular weight is 336 g/mol. The van der Waals surface area contributed by atoms with Crippen molar-refractivity contribution in [3.05, 3.63) is 28.2 Å². The van der Waals surface area contributed by atoms with E-state index in [0.717, 1.165) is 4.47 Å². The van der Waals surface area contributed by atoms with Crippen LogP contribution in [0.25, 0.3) is 0 Å². The van der Waals surface area contributed by atoms with Gasteiger partial charge in [0.15, 0.2) is 0 Å². The quantitative estimate of drug-likeness (QED) is 0.836. The van der Waals surface area contributed by atoms with E-state index in [1.165, 1.54) is 0 Å². The first kappa shape index (κ1) is 15.6. The summed E-state index contributed by atoms with van der Waals surface area (Å²) in [6.07, 6.45) is 0.585. The third-order valence-electron chi connectivity index (χ3n) is 2.67. The zero-order chi connectivity index (χ0) is 13.8. The molecule has 0 heterocycles. The largest absolute Gasteiger partial charge is 0.396 e. The summed E-state index contributed by atoms with van der Waals surface area (Å²) in [4.78, 5) is 0.293. The summed E-state index contributed by atoms with van der Waals surface area (Å²) in [5.74, 6) is 0.112. The molecule has 1 atom stereocenters. The number of aliphatic hydroxyl groups excluding tert-OH is 1. The van der Waals surface area contributed by atoms with Gasteiger partial charge in [-0.05, 0) is 43.0 Å². The number of aryl methyl sites for hydroxylation is 1. The van der Waals surface area contributed by atoms with Crippen LogP contribution in [-0.4, -0.2) is 26.7 Å². The molecule has 0 aliphatic carbocycles. The number of benzene rings is 1. The van der Waals surface area contributed by atoms with E-state index in [1.54, 1.807) is 25.1 Å². The zero-order valence-corrected chi connectivity index (χ0v) is 12.9. The number of nitrogens with one attached hydrogen (secondary N) is 1. The third-order valence-corrected chi connectivity index (χ3v) is 4.75. The molecule has 4 nitrogen and oxygen atoms in total. The van der Waals surface area contributed by atoms with E-state index in [2.05, 4.69) is 20.7 Å². The summed E-state index contributed by atoms with van der Waals surface area (Å²) in [6.45, 7) is 4.06. The van der Waals surface area contributed by atoms with Crippen LogP contribution < -0.4 is 4.72 Å². The van der Waals surface area contributed by atoms with Gasteiger partial charge in [0.05, 0.1) is 4.90 Å². The van der Waals surface area contributed by atoms with Gasteiger partial charge in [0.2, 0.25) is 10.0 Å². The van der Waals surface area contributed by atoms with Gasteiger partial charge in [0.25, 0.3) is 0 Å². The van der Waals surface area contributed by atoms with E-state index in [4.69, 9.17) is 5.11 Å². The molecule has 0 bridgehead atoms. The molecule has 2 N–H and O–H groups in total. The molecule has 0 saturated carbocycles. The molecule has 0 unspecified atom stereocenters. The van der Waals surface area contributed by atoms with Crippen molar-refractivity contribution in [2.75, 3.05) is 13.2 Å². The molecule has 0 aliphatic rings. The maximum atomic E-state index is 12.1. The number of sulfonamides is 1. The molecule has 1 aromatic carbocycles. The smallest absolute Gasteiger partial charge is 0.240 e. The van der Waals surface area contributed by atoms with E-state index >= 15 is 0 Å². The van der Waals surface area contributed by atoms with Crippen LogP contribution in [0, 0.1) is 12.8 Å². The lowest BCUT2D eigenvalue weighted by atomic mass is 10.1. The normalized spacial score (nSPS) is 13.6. The Balaban J connectivity index is 2.80. The Morgan fingerprint density at radius 2 is 2.11 bits per heavy atom. The lowest BCUT2D eigenvalue weighted by Crippen LogP contribution is -2.29. The van der Waals surface area contributed by atoms with Crippen LogP contribution in [0.4, 0.5) is 0 Å². The summed E-state index contributed by atoms with van der Waals surface area (Å²) in [7, 11) is -3.47. The predicted molar refractivity (Wildman–Crippen MR) is 74.9 cm³/mol. The van der Waals surface area contributed by atoms with Crippen LogP contribution in [-0.2, 0) is 10.0 Å². The van der Waals surface area contributed by atoms with Gasteiger partial charge in [-0.2, -0.15) is 0 Å². The van der Waals surface area contributed by atoms with Crippen molar-refractivity contribution in [2.45, 2.75) is 25.2 Å². The predicted octanol–water partition coefficient (Wildman–Crippen LogP) is 2.05. The maximum Gasteiger partial charge on any atom is 0.240 e. The van der Waals surface area contributed by atoms with Gasteiger partial charge in [-0.1, -0.05) is 22.9 Å². The Kier molecular flexibility index (Phi) is 5.78. The Labute approximate surface area is 117 Å². The van der Waals surface area contributed by atoms with Gasteiger partial charge in [-0.25, -0.2) is 13.1 Å². The van der Waals surface area contributed by atoms with Crippen LogP contribution in [0.5, 0.6) is 0 Å². The number of hydrogen-bond acceptors (Lipinski definition) is 3. The monoisotopic (exact) mass is 335 g/mol. The highest BCUT2D eigenvalue weighted by molar-refractivity contribution is 9.10. The van der Waals surface area contributed by atoms with E-state index < -0.39 is 10.0 Å². The Hall–Kier alpha value is -0.430. The van der Waals surface area contributed by atoms with Gasteiger partial charge >= 0.3 is 0 Å². The van der Waals surface area contributed by atoms with E-state index in [-0.39, 0.29) is 12.5 Å². The van der Waals surface area contributed by atoms with Crippen molar-refractivity contribution in [3.63, 3.8) is 0 Å². The number of halogens is 1. The molecule has 0 spiro atoms. The number of aliphatic hydroxyl groups is 1. The highest BCUT2D eigenvalue weighted by Crippen LogP contribution is 2.20. The van der Waals surface area contributed by atoms with Crippen LogP contribution >= 0.6 is 15.9 Å². The molecule has 0 radical (unpaired) electrons. The Morgan fingerprint density at radius 1 is 1.44 bits per heavy atom. The number of hydrogen-bond donors (Lipinski definition) is 2. The minimum Gasteiger partial charge on any atom is -0.396 e. The van der Waals surface area contributed by atoms with Gasteiger partial charge < -0.3 is 5.11 Å². The van der Waals surface area contributed by atoms with Crippen molar-refractivity contribution in [2.24, 2.45) is 5.92 Å².